The first-order chi connectivity index (χ1) is 10.6. The molecule has 3 heteroatoms. The molecule has 0 spiro atoms. The molecule has 2 aromatic carbocycles. The number of rotatable bonds is 2. The highest BCUT2D eigenvalue weighted by Gasteiger charge is 2.41. The van der Waals surface area contributed by atoms with Crippen LogP contribution in [0.5, 0.6) is 0 Å². The van der Waals surface area contributed by atoms with E-state index in [0.717, 1.165) is 18.2 Å². The first-order valence-corrected chi connectivity index (χ1v) is 8.08. The minimum Gasteiger partial charge on any atom is -0.300 e. The van der Waals surface area contributed by atoms with Crippen LogP contribution in [0.1, 0.15) is 36.0 Å². The number of hydrogen-bond donors (Lipinski definition) is 0. The van der Waals surface area contributed by atoms with Gasteiger partial charge < -0.3 is 4.90 Å². The van der Waals surface area contributed by atoms with Gasteiger partial charge in [0.1, 0.15) is 5.82 Å². The van der Waals surface area contributed by atoms with Crippen LogP contribution in [0.2, 0.25) is 0 Å². The molecule has 0 aliphatic carbocycles. The summed E-state index contributed by atoms with van der Waals surface area (Å²) in [5.41, 5.74) is 0.686. The van der Waals surface area contributed by atoms with E-state index in [-0.39, 0.29) is 17.5 Å². The van der Waals surface area contributed by atoms with Crippen LogP contribution in [0.25, 0.3) is 10.8 Å². The van der Waals surface area contributed by atoms with Crippen molar-refractivity contribution in [1.29, 1.82) is 0 Å². The van der Waals surface area contributed by atoms with Gasteiger partial charge in [0.2, 0.25) is 0 Å². The van der Waals surface area contributed by atoms with Gasteiger partial charge in [-0.3, -0.25) is 4.79 Å². The van der Waals surface area contributed by atoms with Crippen LogP contribution < -0.4 is 0 Å². The van der Waals surface area contributed by atoms with Gasteiger partial charge in [0.25, 0.3) is 0 Å². The molecule has 2 aromatic rings. The number of carbonyl (C=O) groups excluding carboxylic acids is 1. The van der Waals surface area contributed by atoms with Crippen LogP contribution in [0.4, 0.5) is 4.39 Å². The third kappa shape index (κ3) is 2.07. The van der Waals surface area contributed by atoms with E-state index in [0.29, 0.717) is 23.0 Å². The Kier molecular flexibility index (Phi) is 3.26. The summed E-state index contributed by atoms with van der Waals surface area (Å²) in [6.45, 7) is 0. The normalized spacial score (nSPS) is 28.2. The molecule has 0 N–H and O–H groups in total. The van der Waals surface area contributed by atoms with Crippen molar-refractivity contribution in [3.63, 3.8) is 0 Å². The highest BCUT2D eigenvalue weighted by atomic mass is 19.1. The van der Waals surface area contributed by atoms with Crippen molar-refractivity contribution in [3.05, 3.63) is 47.8 Å². The summed E-state index contributed by atoms with van der Waals surface area (Å²) in [6.07, 6.45) is 4.29. The number of ketones is 1. The molecule has 2 saturated heterocycles. The quantitative estimate of drug-likeness (QED) is 0.780. The summed E-state index contributed by atoms with van der Waals surface area (Å²) in [5, 5.41) is 1.29. The molecular weight excluding hydrogens is 277 g/mol. The van der Waals surface area contributed by atoms with Crippen molar-refractivity contribution in [3.8, 4) is 0 Å². The molecule has 114 valence electrons. The summed E-state index contributed by atoms with van der Waals surface area (Å²) in [4.78, 5) is 15.4. The molecular formula is C19H20FNO. The van der Waals surface area contributed by atoms with E-state index >= 15 is 0 Å². The Hall–Kier alpha value is -1.74. The number of halogens is 1. The molecule has 2 atom stereocenters. The van der Waals surface area contributed by atoms with Crippen LogP contribution in [0.15, 0.2) is 36.4 Å². The molecule has 2 nitrogen and oxygen atoms in total. The highest BCUT2D eigenvalue weighted by Crippen LogP contribution is 2.39. The molecule has 0 radical (unpaired) electrons. The molecule has 0 amide bonds. The fourth-order valence-corrected chi connectivity index (χ4v) is 4.32. The van der Waals surface area contributed by atoms with Crippen LogP contribution in [-0.2, 0) is 0 Å². The summed E-state index contributed by atoms with van der Waals surface area (Å²) in [5.74, 6) is 0.0272. The number of Topliss-reactive ketones (excluding diaryl/α,β-unsaturated/α-hetero) is 1. The third-order valence-corrected chi connectivity index (χ3v) is 5.61. The standard InChI is InChI=1S/C19H20FNO/c1-21-13-6-7-14(21)11-12(10-13)19(22)17-8-9-18(20)16-5-3-2-4-15(16)17/h2-5,8-9,12-14H,6-7,10-11H2,1H3. The zero-order valence-electron chi connectivity index (χ0n) is 12.8. The van der Waals surface area contributed by atoms with E-state index in [1.54, 1.807) is 12.1 Å². The first kappa shape index (κ1) is 13.9. The summed E-state index contributed by atoms with van der Waals surface area (Å²) in [6, 6.07) is 11.5. The van der Waals surface area contributed by atoms with Gasteiger partial charge in [0.15, 0.2) is 5.78 Å². The number of carbonyl (C=O) groups is 1. The van der Waals surface area contributed by atoms with Crippen LogP contribution in [0.3, 0.4) is 0 Å². The van der Waals surface area contributed by atoms with E-state index in [1.807, 2.05) is 18.2 Å². The van der Waals surface area contributed by atoms with Crippen LogP contribution in [-0.4, -0.2) is 29.8 Å². The molecule has 2 unspecified atom stereocenters. The van der Waals surface area contributed by atoms with Gasteiger partial charge in [-0.05, 0) is 50.2 Å². The molecule has 2 bridgehead atoms. The second-order valence-corrected chi connectivity index (χ2v) is 6.72. The summed E-state index contributed by atoms with van der Waals surface area (Å²) in [7, 11) is 2.18. The van der Waals surface area contributed by atoms with E-state index in [9.17, 15) is 9.18 Å². The van der Waals surface area contributed by atoms with Gasteiger partial charge in [-0.2, -0.15) is 0 Å². The minimum atomic E-state index is -0.254. The van der Waals surface area contributed by atoms with Crippen molar-refractivity contribution >= 4 is 16.6 Å². The fourth-order valence-electron chi connectivity index (χ4n) is 4.32. The van der Waals surface area contributed by atoms with Crippen molar-refractivity contribution in [2.24, 2.45) is 5.92 Å². The average molecular weight is 297 g/mol. The lowest BCUT2D eigenvalue weighted by Crippen LogP contribution is -2.42. The third-order valence-electron chi connectivity index (χ3n) is 5.61. The maximum atomic E-state index is 13.9. The molecule has 2 aliphatic heterocycles. The lowest BCUT2D eigenvalue weighted by molar-refractivity contribution is 0.0769. The van der Waals surface area contributed by atoms with Crippen LogP contribution in [0, 0.1) is 11.7 Å². The van der Waals surface area contributed by atoms with Crippen molar-refractivity contribution < 1.29 is 9.18 Å². The number of piperidine rings is 1. The number of benzene rings is 2. The predicted molar refractivity (Wildman–Crippen MR) is 85.5 cm³/mol. The zero-order chi connectivity index (χ0) is 15.3. The highest BCUT2D eigenvalue weighted by molar-refractivity contribution is 6.09. The van der Waals surface area contributed by atoms with Crippen molar-refractivity contribution in [2.75, 3.05) is 7.05 Å². The fraction of sp³-hybridized carbons (Fsp3) is 0.421. The Labute approximate surface area is 129 Å². The van der Waals surface area contributed by atoms with Crippen molar-refractivity contribution in [2.45, 2.75) is 37.8 Å². The number of hydrogen-bond acceptors (Lipinski definition) is 2. The van der Waals surface area contributed by atoms with Gasteiger partial charge in [-0.15, -0.1) is 0 Å². The van der Waals surface area contributed by atoms with E-state index < -0.39 is 0 Å². The SMILES string of the molecule is CN1C2CCC1CC(C(=O)c1ccc(F)c3ccccc13)C2. The second-order valence-electron chi connectivity index (χ2n) is 6.72. The Bertz CT molecular complexity index is 727. The van der Waals surface area contributed by atoms with Gasteiger partial charge in [0, 0.05) is 29.0 Å². The Balaban J connectivity index is 1.71. The number of nitrogens with zero attached hydrogens (tertiary/aromatic N) is 1. The van der Waals surface area contributed by atoms with Gasteiger partial charge in [-0.1, -0.05) is 24.3 Å². The molecule has 22 heavy (non-hydrogen) atoms. The largest absolute Gasteiger partial charge is 0.300 e. The van der Waals surface area contributed by atoms with Crippen molar-refractivity contribution in [1.82, 2.24) is 4.90 Å². The molecule has 2 heterocycles. The predicted octanol–water partition coefficient (Wildman–Crippen LogP) is 4.03. The summed E-state index contributed by atoms with van der Waals surface area (Å²) < 4.78 is 13.9. The maximum Gasteiger partial charge on any atom is 0.166 e. The molecule has 4 rings (SSSR count). The smallest absolute Gasteiger partial charge is 0.166 e. The monoisotopic (exact) mass is 297 g/mol. The second kappa shape index (κ2) is 5.17. The Morgan fingerprint density at radius 2 is 1.68 bits per heavy atom. The average Bonchev–Trinajstić information content (AvgIpc) is 2.76. The lowest BCUT2D eigenvalue weighted by atomic mass is 9.83. The van der Waals surface area contributed by atoms with Gasteiger partial charge in [-0.25, -0.2) is 4.39 Å². The number of fused-ring (bicyclic) bond motifs is 3. The first-order valence-electron chi connectivity index (χ1n) is 8.08. The molecule has 0 saturated carbocycles. The van der Waals surface area contributed by atoms with E-state index in [1.165, 1.54) is 18.9 Å². The Morgan fingerprint density at radius 1 is 1.05 bits per heavy atom. The van der Waals surface area contributed by atoms with E-state index in [2.05, 4.69) is 11.9 Å². The van der Waals surface area contributed by atoms with Gasteiger partial charge in [0.05, 0.1) is 0 Å². The molecule has 2 fully saturated rings. The Morgan fingerprint density at radius 3 is 2.36 bits per heavy atom. The van der Waals surface area contributed by atoms with Gasteiger partial charge >= 0.3 is 0 Å². The topological polar surface area (TPSA) is 20.3 Å². The minimum absolute atomic E-state index is 0.0857. The molecule has 2 aliphatic rings. The maximum absolute atomic E-state index is 13.9. The lowest BCUT2D eigenvalue weighted by Gasteiger charge is -2.35. The summed E-state index contributed by atoms with van der Waals surface area (Å²) >= 11 is 0. The van der Waals surface area contributed by atoms with Crippen LogP contribution >= 0.6 is 0 Å². The molecule has 0 aromatic heterocycles. The van der Waals surface area contributed by atoms with E-state index in [4.69, 9.17) is 0 Å². The zero-order valence-corrected chi connectivity index (χ0v) is 12.8.